The van der Waals surface area contributed by atoms with E-state index in [1.54, 1.807) is 0 Å². The summed E-state index contributed by atoms with van der Waals surface area (Å²) in [6.45, 7) is 5.82. The number of piperazine rings is 1. The van der Waals surface area contributed by atoms with Crippen LogP contribution >= 0.6 is 0 Å². The molecular weight excluding hydrogens is 366 g/mol. The van der Waals surface area contributed by atoms with Gasteiger partial charge >= 0.3 is 5.97 Å². The highest BCUT2D eigenvalue weighted by Gasteiger charge is 2.30. The lowest BCUT2D eigenvalue weighted by Crippen LogP contribution is -2.45. The van der Waals surface area contributed by atoms with Gasteiger partial charge in [0.25, 0.3) is 0 Å². The number of anilines is 1. The number of rotatable bonds is 8. The molecule has 7 heteroatoms. The monoisotopic (exact) mass is 395 g/mol. The summed E-state index contributed by atoms with van der Waals surface area (Å²) in [6, 6.07) is 9.65. The van der Waals surface area contributed by atoms with E-state index >= 15 is 0 Å². The highest BCUT2D eigenvalue weighted by Crippen LogP contribution is 2.28. The molecule has 0 N–H and O–H groups in total. The topological polar surface area (TPSA) is 82.3 Å². The van der Waals surface area contributed by atoms with Crippen molar-refractivity contribution in [1.29, 1.82) is 5.26 Å². The van der Waals surface area contributed by atoms with Gasteiger partial charge in [-0.1, -0.05) is 38.3 Å². The maximum absolute atomic E-state index is 12.7. The van der Waals surface area contributed by atoms with E-state index in [1.165, 1.54) is 0 Å². The number of para-hydroxylation sites is 2. The van der Waals surface area contributed by atoms with E-state index in [1.807, 2.05) is 24.3 Å². The quantitative estimate of drug-likeness (QED) is 0.502. The van der Waals surface area contributed by atoms with E-state index in [2.05, 4.69) is 34.8 Å². The van der Waals surface area contributed by atoms with Gasteiger partial charge in [-0.15, -0.1) is 0 Å². The van der Waals surface area contributed by atoms with Crippen LogP contribution < -0.4 is 4.90 Å². The average molecular weight is 396 g/mol. The molecule has 154 valence electrons. The van der Waals surface area contributed by atoms with Crippen LogP contribution in [-0.4, -0.2) is 60.7 Å². The molecule has 0 radical (unpaired) electrons. The molecule has 1 aromatic heterocycles. The molecule has 2 heterocycles. The summed E-state index contributed by atoms with van der Waals surface area (Å²) in [5.74, 6) is -0.997. The molecule has 1 aliphatic rings. The summed E-state index contributed by atoms with van der Waals surface area (Å²) >= 11 is 0. The molecule has 1 aliphatic heterocycles. The Bertz CT molecular complexity index is 871. The average Bonchev–Trinajstić information content (AvgIpc) is 2.74. The first kappa shape index (κ1) is 21.0. The lowest BCUT2D eigenvalue weighted by atomic mass is 10.1. The first-order valence-corrected chi connectivity index (χ1v) is 10.4. The Labute approximate surface area is 172 Å². The summed E-state index contributed by atoms with van der Waals surface area (Å²) < 4.78 is 5.41. The Kier molecular flexibility index (Phi) is 7.36. The second-order valence-corrected chi connectivity index (χ2v) is 7.50. The number of esters is 1. The lowest BCUT2D eigenvalue weighted by molar-refractivity contribution is -0.144. The van der Waals surface area contributed by atoms with E-state index in [9.17, 15) is 10.1 Å². The van der Waals surface area contributed by atoms with Crippen molar-refractivity contribution in [3.63, 3.8) is 0 Å². The zero-order valence-corrected chi connectivity index (χ0v) is 17.3. The number of ether oxygens (including phenoxy) is 1. The van der Waals surface area contributed by atoms with Crippen molar-refractivity contribution < 1.29 is 9.53 Å². The normalized spacial score (nSPS) is 15.8. The number of carbonyl (C=O) groups excluding carboxylic acids is 1. The molecule has 1 aromatic carbocycles. The molecule has 0 spiro atoms. The third-order valence-corrected chi connectivity index (χ3v) is 5.26. The number of nitrogens with zero attached hydrogens (tertiary/aromatic N) is 5. The van der Waals surface area contributed by atoms with Gasteiger partial charge in [0.2, 0.25) is 0 Å². The van der Waals surface area contributed by atoms with Crippen molar-refractivity contribution in [2.75, 3.05) is 44.7 Å². The van der Waals surface area contributed by atoms with E-state index in [0.29, 0.717) is 23.6 Å². The van der Waals surface area contributed by atoms with E-state index in [-0.39, 0.29) is 0 Å². The molecule has 0 aliphatic carbocycles. The fourth-order valence-electron chi connectivity index (χ4n) is 3.46. The van der Waals surface area contributed by atoms with Crippen LogP contribution in [0.3, 0.4) is 0 Å². The Morgan fingerprint density at radius 1 is 1.14 bits per heavy atom. The zero-order valence-electron chi connectivity index (χ0n) is 17.3. The van der Waals surface area contributed by atoms with Crippen LogP contribution in [0.15, 0.2) is 24.3 Å². The Balaban J connectivity index is 1.87. The van der Waals surface area contributed by atoms with Gasteiger partial charge in [0.1, 0.15) is 5.69 Å². The Morgan fingerprint density at radius 2 is 1.83 bits per heavy atom. The van der Waals surface area contributed by atoms with Crippen molar-refractivity contribution in [2.24, 2.45) is 0 Å². The van der Waals surface area contributed by atoms with Crippen LogP contribution in [0.4, 0.5) is 5.82 Å². The largest absolute Gasteiger partial charge is 0.464 e. The molecule has 1 fully saturated rings. The van der Waals surface area contributed by atoms with Crippen LogP contribution in [0.1, 0.15) is 44.2 Å². The Morgan fingerprint density at radius 3 is 2.48 bits per heavy atom. The molecule has 1 atom stereocenters. The molecule has 0 amide bonds. The highest BCUT2D eigenvalue weighted by atomic mass is 16.5. The number of carbonyl (C=O) groups is 1. The van der Waals surface area contributed by atoms with Crippen LogP contribution in [0, 0.1) is 11.3 Å². The number of fused-ring (bicyclic) bond motifs is 1. The van der Waals surface area contributed by atoms with Crippen molar-refractivity contribution in [3.8, 4) is 6.07 Å². The summed E-state index contributed by atoms with van der Waals surface area (Å²) in [4.78, 5) is 26.5. The number of aromatic nitrogens is 2. The van der Waals surface area contributed by atoms with Gasteiger partial charge in [0.05, 0.1) is 23.7 Å². The first-order chi connectivity index (χ1) is 14.1. The predicted molar refractivity (Wildman–Crippen MR) is 113 cm³/mol. The van der Waals surface area contributed by atoms with Gasteiger partial charge in [-0.2, -0.15) is 5.26 Å². The fraction of sp³-hybridized carbons (Fsp3) is 0.545. The zero-order chi connectivity index (χ0) is 20.6. The predicted octanol–water partition coefficient (Wildman–Crippen LogP) is 3.11. The first-order valence-electron chi connectivity index (χ1n) is 10.4. The molecule has 7 nitrogen and oxygen atoms in total. The second-order valence-electron chi connectivity index (χ2n) is 7.50. The number of hydrogen-bond acceptors (Lipinski definition) is 7. The van der Waals surface area contributed by atoms with E-state index < -0.39 is 11.9 Å². The smallest absolute Gasteiger partial charge is 0.329 e. The number of likely N-dealkylation sites (N-methyl/N-ethyl adjacent to an activating group) is 1. The minimum Gasteiger partial charge on any atom is -0.464 e. The van der Waals surface area contributed by atoms with Crippen molar-refractivity contribution in [1.82, 2.24) is 14.9 Å². The third-order valence-electron chi connectivity index (χ3n) is 5.26. The van der Waals surface area contributed by atoms with Crippen molar-refractivity contribution in [3.05, 3.63) is 30.0 Å². The van der Waals surface area contributed by atoms with Gasteiger partial charge in [-0.25, -0.2) is 9.97 Å². The number of unbranched alkanes of at least 4 members (excludes halogenated alkanes) is 3. The highest BCUT2D eigenvalue weighted by molar-refractivity contribution is 5.85. The fourth-order valence-corrected chi connectivity index (χ4v) is 3.46. The summed E-state index contributed by atoms with van der Waals surface area (Å²) in [7, 11) is 2.08. The lowest BCUT2D eigenvalue weighted by Gasteiger charge is -2.34. The number of nitriles is 1. The SMILES string of the molecule is CCCCCCOC(=O)[C@@H](C#N)c1nc2ccccc2nc1N1CCN(C)CC1. The maximum atomic E-state index is 12.7. The molecule has 1 saturated heterocycles. The minimum absolute atomic E-state index is 0.335. The molecule has 29 heavy (non-hydrogen) atoms. The summed E-state index contributed by atoms with van der Waals surface area (Å²) in [5.41, 5.74) is 1.83. The summed E-state index contributed by atoms with van der Waals surface area (Å²) in [5, 5.41) is 9.78. The molecule has 2 aromatic rings. The summed E-state index contributed by atoms with van der Waals surface area (Å²) in [6.07, 6.45) is 4.06. The number of benzene rings is 1. The van der Waals surface area contributed by atoms with Gasteiger partial charge < -0.3 is 14.5 Å². The molecule has 0 bridgehead atoms. The maximum Gasteiger partial charge on any atom is 0.329 e. The molecule has 0 saturated carbocycles. The van der Waals surface area contributed by atoms with Crippen LogP contribution in [0.5, 0.6) is 0 Å². The second kappa shape index (κ2) is 10.2. The van der Waals surface area contributed by atoms with Gasteiger partial charge in [-0.05, 0) is 25.6 Å². The van der Waals surface area contributed by atoms with Crippen molar-refractivity contribution in [2.45, 2.75) is 38.5 Å². The standard InChI is InChI=1S/C22H29N5O2/c1-3-4-5-8-15-29-22(28)17(16-23)20-21(27-13-11-26(2)12-14-27)25-19-10-7-6-9-18(19)24-20/h6-7,9-10,17H,3-5,8,11-15H2,1-2H3/t17-/m0/s1. The third kappa shape index (κ3) is 5.21. The molecular formula is C22H29N5O2. The minimum atomic E-state index is -1.08. The van der Waals surface area contributed by atoms with Crippen LogP contribution in [-0.2, 0) is 9.53 Å². The molecule has 0 unspecified atom stereocenters. The Hall–Kier alpha value is -2.72. The van der Waals surface area contributed by atoms with E-state index in [0.717, 1.165) is 57.4 Å². The van der Waals surface area contributed by atoms with Crippen LogP contribution in [0.25, 0.3) is 11.0 Å². The number of hydrogen-bond donors (Lipinski definition) is 0. The van der Waals surface area contributed by atoms with Gasteiger partial charge in [0.15, 0.2) is 11.7 Å². The molecule has 3 rings (SSSR count). The van der Waals surface area contributed by atoms with Crippen molar-refractivity contribution >= 4 is 22.8 Å². The van der Waals surface area contributed by atoms with Gasteiger partial charge in [-0.3, -0.25) is 4.79 Å². The van der Waals surface area contributed by atoms with Gasteiger partial charge in [0, 0.05) is 26.2 Å². The van der Waals surface area contributed by atoms with Crippen LogP contribution in [0.2, 0.25) is 0 Å². The van der Waals surface area contributed by atoms with E-state index in [4.69, 9.17) is 9.72 Å².